The second-order valence-corrected chi connectivity index (χ2v) is 5.01. The van der Waals surface area contributed by atoms with E-state index in [2.05, 4.69) is 30.6 Å². The highest BCUT2D eigenvalue weighted by molar-refractivity contribution is 7.10. The van der Waals surface area contributed by atoms with Crippen LogP contribution in [0.15, 0.2) is 34.3 Å². The molecule has 2 aromatic heterocycles. The second kappa shape index (κ2) is 6.03. The first-order chi connectivity index (χ1) is 8.36. The Morgan fingerprint density at radius 1 is 1.35 bits per heavy atom. The van der Waals surface area contributed by atoms with Gasteiger partial charge in [-0.2, -0.15) is 0 Å². The van der Waals surface area contributed by atoms with Gasteiger partial charge in [0.15, 0.2) is 0 Å². The van der Waals surface area contributed by atoms with E-state index in [1.165, 1.54) is 10.4 Å². The molecule has 0 aromatic carbocycles. The van der Waals surface area contributed by atoms with Crippen molar-refractivity contribution in [1.82, 2.24) is 5.32 Å². The van der Waals surface area contributed by atoms with Gasteiger partial charge >= 0.3 is 0 Å². The third kappa shape index (κ3) is 2.79. The van der Waals surface area contributed by atoms with E-state index in [9.17, 15) is 0 Å². The zero-order chi connectivity index (χ0) is 12.1. The smallest absolute Gasteiger partial charge is 0.126 e. The van der Waals surface area contributed by atoms with Crippen LogP contribution < -0.4 is 5.32 Å². The average molecular weight is 249 g/mol. The normalized spacial score (nSPS) is 12.8. The van der Waals surface area contributed by atoms with E-state index < -0.39 is 0 Å². The summed E-state index contributed by atoms with van der Waals surface area (Å²) < 4.78 is 5.56. The van der Waals surface area contributed by atoms with E-state index in [1.54, 1.807) is 6.26 Å². The van der Waals surface area contributed by atoms with Crippen molar-refractivity contribution in [2.75, 3.05) is 6.54 Å². The van der Waals surface area contributed by atoms with Gasteiger partial charge in [-0.3, -0.25) is 0 Å². The lowest BCUT2D eigenvalue weighted by Crippen LogP contribution is -2.22. The minimum absolute atomic E-state index is 0.208. The fourth-order valence-corrected chi connectivity index (χ4v) is 3.04. The van der Waals surface area contributed by atoms with Crippen LogP contribution in [0.2, 0.25) is 0 Å². The molecule has 0 bridgehead atoms. The summed E-state index contributed by atoms with van der Waals surface area (Å²) in [5.41, 5.74) is 1.42. The lowest BCUT2D eigenvalue weighted by molar-refractivity contribution is 0.449. The highest BCUT2D eigenvalue weighted by Crippen LogP contribution is 2.30. The van der Waals surface area contributed by atoms with E-state index in [1.807, 2.05) is 23.5 Å². The Hall–Kier alpha value is -1.06. The highest BCUT2D eigenvalue weighted by atomic mass is 32.1. The van der Waals surface area contributed by atoms with Crippen molar-refractivity contribution in [2.45, 2.75) is 32.7 Å². The summed E-state index contributed by atoms with van der Waals surface area (Å²) in [6, 6.07) is 6.42. The molecule has 0 radical (unpaired) electrons. The molecule has 0 saturated carbocycles. The largest absolute Gasteiger partial charge is 0.467 e. The summed E-state index contributed by atoms with van der Waals surface area (Å²) >= 11 is 1.81. The molecule has 3 heteroatoms. The Bertz CT molecular complexity index is 433. The van der Waals surface area contributed by atoms with Crippen molar-refractivity contribution in [1.29, 1.82) is 0 Å². The molecule has 2 heterocycles. The number of thiophene rings is 1. The number of aryl methyl sites for hydroxylation is 1. The van der Waals surface area contributed by atoms with Crippen molar-refractivity contribution in [2.24, 2.45) is 0 Å². The Kier molecular flexibility index (Phi) is 4.40. The first kappa shape index (κ1) is 12.4. The quantitative estimate of drug-likeness (QED) is 0.837. The molecule has 0 aliphatic rings. The van der Waals surface area contributed by atoms with E-state index >= 15 is 0 Å². The highest BCUT2D eigenvalue weighted by Gasteiger charge is 2.19. The first-order valence-corrected chi connectivity index (χ1v) is 7.07. The minimum atomic E-state index is 0.208. The molecule has 1 unspecified atom stereocenters. The van der Waals surface area contributed by atoms with Crippen LogP contribution in [0.5, 0.6) is 0 Å². The summed E-state index contributed by atoms with van der Waals surface area (Å²) in [7, 11) is 0. The summed E-state index contributed by atoms with van der Waals surface area (Å²) in [5.74, 6) is 1.01. The van der Waals surface area contributed by atoms with Crippen LogP contribution in [0.25, 0.3) is 0 Å². The molecule has 0 saturated heterocycles. The molecule has 92 valence electrons. The van der Waals surface area contributed by atoms with Gasteiger partial charge in [0.25, 0.3) is 0 Å². The van der Waals surface area contributed by atoms with Crippen molar-refractivity contribution < 1.29 is 4.42 Å². The standard InChI is InChI=1S/C14H19NOS/c1-3-8-15-13(12-6-5-9-16-12)14-11(4-2)7-10-17-14/h5-7,9-10,13,15H,3-4,8H2,1-2H3. The number of furan rings is 1. The molecule has 0 aliphatic heterocycles. The summed E-state index contributed by atoms with van der Waals surface area (Å²) in [4.78, 5) is 1.39. The Morgan fingerprint density at radius 3 is 2.88 bits per heavy atom. The van der Waals surface area contributed by atoms with Gasteiger partial charge in [-0.25, -0.2) is 0 Å². The number of hydrogen-bond donors (Lipinski definition) is 1. The van der Waals surface area contributed by atoms with E-state index in [4.69, 9.17) is 4.42 Å². The molecular formula is C14H19NOS. The van der Waals surface area contributed by atoms with Crippen LogP contribution in [0.1, 0.15) is 42.5 Å². The number of hydrogen-bond acceptors (Lipinski definition) is 3. The maximum atomic E-state index is 5.56. The Labute approximate surface area is 107 Å². The lowest BCUT2D eigenvalue weighted by atomic mass is 10.1. The number of nitrogens with one attached hydrogen (secondary N) is 1. The van der Waals surface area contributed by atoms with Crippen molar-refractivity contribution in [3.63, 3.8) is 0 Å². The maximum Gasteiger partial charge on any atom is 0.126 e. The fourth-order valence-electron chi connectivity index (χ4n) is 1.96. The van der Waals surface area contributed by atoms with Gasteiger partial charge < -0.3 is 9.73 Å². The fraction of sp³-hybridized carbons (Fsp3) is 0.429. The van der Waals surface area contributed by atoms with Crippen molar-refractivity contribution in [3.8, 4) is 0 Å². The molecule has 17 heavy (non-hydrogen) atoms. The van der Waals surface area contributed by atoms with Gasteiger partial charge in [-0.1, -0.05) is 13.8 Å². The number of rotatable bonds is 6. The first-order valence-electron chi connectivity index (χ1n) is 6.19. The molecule has 2 rings (SSSR count). The second-order valence-electron chi connectivity index (χ2n) is 4.07. The van der Waals surface area contributed by atoms with Gasteiger partial charge in [0.1, 0.15) is 11.8 Å². The third-order valence-electron chi connectivity index (χ3n) is 2.85. The SMILES string of the molecule is CCCNC(c1ccco1)c1sccc1CC. The third-order valence-corrected chi connectivity index (χ3v) is 3.87. The van der Waals surface area contributed by atoms with Gasteiger partial charge in [0.2, 0.25) is 0 Å². The molecule has 0 spiro atoms. The maximum absolute atomic E-state index is 5.56. The summed E-state index contributed by atoms with van der Waals surface area (Å²) in [6.07, 6.45) is 3.95. The molecule has 2 nitrogen and oxygen atoms in total. The van der Waals surface area contributed by atoms with Crippen LogP contribution >= 0.6 is 11.3 Å². The molecular weight excluding hydrogens is 230 g/mol. The van der Waals surface area contributed by atoms with Crippen LogP contribution in [0.3, 0.4) is 0 Å². The Balaban J connectivity index is 2.27. The monoisotopic (exact) mass is 249 g/mol. The van der Waals surface area contributed by atoms with Crippen molar-refractivity contribution >= 4 is 11.3 Å². The minimum Gasteiger partial charge on any atom is -0.467 e. The van der Waals surface area contributed by atoms with Gasteiger partial charge in [-0.05, 0) is 48.5 Å². The molecule has 0 aliphatic carbocycles. The van der Waals surface area contributed by atoms with E-state index in [-0.39, 0.29) is 6.04 Å². The van der Waals surface area contributed by atoms with Crippen LogP contribution in [0.4, 0.5) is 0 Å². The predicted octanol–water partition coefficient (Wildman–Crippen LogP) is 3.99. The molecule has 0 amide bonds. The van der Waals surface area contributed by atoms with Crippen LogP contribution in [-0.4, -0.2) is 6.54 Å². The zero-order valence-corrected chi connectivity index (χ0v) is 11.2. The predicted molar refractivity (Wildman–Crippen MR) is 72.5 cm³/mol. The average Bonchev–Trinajstić information content (AvgIpc) is 3.00. The zero-order valence-electron chi connectivity index (χ0n) is 10.4. The topological polar surface area (TPSA) is 25.2 Å². The van der Waals surface area contributed by atoms with Crippen LogP contribution in [0, 0.1) is 0 Å². The summed E-state index contributed by atoms with van der Waals surface area (Å²) in [5, 5.41) is 5.73. The lowest BCUT2D eigenvalue weighted by Gasteiger charge is -2.16. The van der Waals surface area contributed by atoms with E-state index in [0.29, 0.717) is 0 Å². The van der Waals surface area contributed by atoms with Gasteiger partial charge in [0, 0.05) is 4.88 Å². The molecule has 2 aromatic rings. The molecule has 1 N–H and O–H groups in total. The van der Waals surface area contributed by atoms with Gasteiger partial charge in [-0.15, -0.1) is 11.3 Å². The van der Waals surface area contributed by atoms with Crippen LogP contribution in [-0.2, 0) is 6.42 Å². The Morgan fingerprint density at radius 2 is 2.24 bits per heavy atom. The van der Waals surface area contributed by atoms with Gasteiger partial charge in [0.05, 0.1) is 6.26 Å². The summed E-state index contributed by atoms with van der Waals surface area (Å²) in [6.45, 7) is 5.39. The molecule has 1 atom stereocenters. The van der Waals surface area contributed by atoms with Crippen molar-refractivity contribution in [3.05, 3.63) is 46.0 Å². The van der Waals surface area contributed by atoms with E-state index in [0.717, 1.165) is 25.1 Å². The molecule has 0 fully saturated rings.